The number of alkyl halides is 1. The molecular formula is C10H14ISn. The summed E-state index contributed by atoms with van der Waals surface area (Å²) in [6.45, 7) is 4.75. The van der Waals surface area contributed by atoms with Gasteiger partial charge in [-0.2, -0.15) is 0 Å². The van der Waals surface area contributed by atoms with Crippen LogP contribution >= 0.6 is 22.6 Å². The van der Waals surface area contributed by atoms with Gasteiger partial charge in [-0.15, -0.1) is 0 Å². The molecule has 1 aromatic rings. The van der Waals surface area contributed by atoms with E-state index in [1.807, 2.05) is 0 Å². The van der Waals surface area contributed by atoms with E-state index in [-0.39, 0.29) is 0 Å². The molecule has 1 aromatic carbocycles. The van der Waals surface area contributed by atoms with Crippen molar-refractivity contribution >= 4 is 45.9 Å². The van der Waals surface area contributed by atoms with Crippen LogP contribution in [0.2, 0.25) is 3.93 Å². The molecule has 12 heavy (non-hydrogen) atoms. The van der Waals surface area contributed by atoms with Gasteiger partial charge in [0.2, 0.25) is 0 Å². The van der Waals surface area contributed by atoms with Crippen LogP contribution in [0.15, 0.2) is 30.3 Å². The van der Waals surface area contributed by atoms with Crippen molar-refractivity contribution in [3.05, 3.63) is 30.3 Å². The summed E-state index contributed by atoms with van der Waals surface area (Å²) in [5.74, 6) is 0. The Morgan fingerprint density at radius 2 is 1.83 bits per heavy atom. The van der Waals surface area contributed by atoms with E-state index in [0.717, 1.165) is 3.93 Å². The fourth-order valence-electron chi connectivity index (χ4n) is 1.22. The second kappa shape index (κ2) is 5.47. The van der Waals surface area contributed by atoms with Gasteiger partial charge in [-0.25, -0.2) is 0 Å². The van der Waals surface area contributed by atoms with Crippen LogP contribution in [0.4, 0.5) is 0 Å². The van der Waals surface area contributed by atoms with Gasteiger partial charge in [0.05, 0.1) is 0 Å². The van der Waals surface area contributed by atoms with Gasteiger partial charge in [0, 0.05) is 0 Å². The van der Waals surface area contributed by atoms with E-state index in [2.05, 4.69) is 66.8 Å². The zero-order chi connectivity index (χ0) is 8.97. The molecule has 0 fully saturated rings. The van der Waals surface area contributed by atoms with Gasteiger partial charge < -0.3 is 0 Å². The molecule has 0 aliphatic rings. The Bertz CT molecular complexity index is 221. The van der Waals surface area contributed by atoms with Crippen molar-refractivity contribution in [3.8, 4) is 0 Å². The SMILES string of the molecule is C[CH](C)[Sn]([CH2]I)[c]1ccccc1. The summed E-state index contributed by atoms with van der Waals surface area (Å²) >= 11 is 1.33. The predicted molar refractivity (Wildman–Crippen MR) is 65.8 cm³/mol. The molecular weight excluding hydrogens is 366 g/mol. The molecule has 0 aliphatic heterocycles. The Morgan fingerprint density at radius 3 is 2.25 bits per heavy atom. The van der Waals surface area contributed by atoms with Crippen LogP contribution < -0.4 is 3.58 Å². The quantitative estimate of drug-likeness (QED) is 0.430. The average molecular weight is 380 g/mol. The van der Waals surface area contributed by atoms with Crippen molar-refractivity contribution in [2.75, 3.05) is 2.44 Å². The third-order valence-corrected chi connectivity index (χ3v) is 15.4. The van der Waals surface area contributed by atoms with Gasteiger partial charge in [0.1, 0.15) is 0 Å². The Morgan fingerprint density at radius 1 is 1.25 bits per heavy atom. The summed E-state index contributed by atoms with van der Waals surface area (Å²) in [6, 6.07) is 11.1. The average Bonchev–Trinajstić information content (AvgIpc) is 2.07. The molecule has 1 radical (unpaired) electrons. The maximum atomic E-state index is 2.56. The molecule has 0 unspecified atom stereocenters. The molecule has 0 atom stereocenters. The first-order chi connectivity index (χ1) is 5.75. The van der Waals surface area contributed by atoms with Gasteiger partial charge >= 0.3 is 96.5 Å². The molecule has 0 aromatic heterocycles. The van der Waals surface area contributed by atoms with Gasteiger partial charge in [-0.3, -0.25) is 0 Å². The predicted octanol–water partition coefficient (Wildman–Crippen LogP) is 2.77. The molecule has 0 saturated heterocycles. The maximum absolute atomic E-state index is 2.56. The fraction of sp³-hybridized carbons (Fsp3) is 0.400. The van der Waals surface area contributed by atoms with Crippen molar-refractivity contribution in [2.45, 2.75) is 17.8 Å². The summed E-state index contributed by atoms with van der Waals surface area (Å²) in [7, 11) is 0. The fourth-order valence-corrected chi connectivity index (χ4v) is 15.1. The summed E-state index contributed by atoms with van der Waals surface area (Å²) in [5, 5.41) is 0. The number of rotatable bonds is 3. The second-order valence-corrected chi connectivity index (χ2v) is 17.0. The van der Waals surface area contributed by atoms with E-state index in [1.54, 1.807) is 3.58 Å². The van der Waals surface area contributed by atoms with Crippen molar-refractivity contribution in [2.24, 2.45) is 0 Å². The van der Waals surface area contributed by atoms with E-state index in [1.165, 1.54) is 2.44 Å². The molecule has 65 valence electrons. The van der Waals surface area contributed by atoms with Crippen LogP contribution in [0, 0.1) is 0 Å². The normalized spacial score (nSPS) is 11.1. The van der Waals surface area contributed by atoms with Gasteiger partial charge in [0.15, 0.2) is 0 Å². The van der Waals surface area contributed by atoms with E-state index >= 15 is 0 Å². The van der Waals surface area contributed by atoms with Gasteiger partial charge in [-0.1, -0.05) is 0 Å². The first-order valence-corrected chi connectivity index (χ1v) is 10.8. The Balaban J connectivity index is 2.80. The summed E-state index contributed by atoms with van der Waals surface area (Å²) in [5.41, 5.74) is 0. The zero-order valence-corrected chi connectivity index (χ0v) is 12.6. The minimum absolute atomic E-state index is 0.937. The van der Waals surface area contributed by atoms with Crippen LogP contribution in [0.5, 0.6) is 0 Å². The number of halogens is 1. The van der Waals surface area contributed by atoms with Crippen molar-refractivity contribution in [3.63, 3.8) is 0 Å². The molecule has 2 heteroatoms. The van der Waals surface area contributed by atoms with Crippen LogP contribution in [0.1, 0.15) is 13.8 Å². The third kappa shape index (κ3) is 2.91. The van der Waals surface area contributed by atoms with E-state index in [9.17, 15) is 0 Å². The molecule has 0 nitrogen and oxygen atoms in total. The minimum atomic E-state index is -1.23. The Labute approximate surface area is 95.6 Å². The molecule has 0 bridgehead atoms. The van der Waals surface area contributed by atoms with E-state index in [4.69, 9.17) is 0 Å². The van der Waals surface area contributed by atoms with Crippen LogP contribution in [0.25, 0.3) is 0 Å². The number of benzene rings is 1. The molecule has 1 rings (SSSR count). The first kappa shape index (κ1) is 10.8. The topological polar surface area (TPSA) is 0 Å². The molecule has 0 spiro atoms. The monoisotopic (exact) mass is 381 g/mol. The molecule has 0 aliphatic carbocycles. The van der Waals surface area contributed by atoms with Crippen LogP contribution in [0.3, 0.4) is 0 Å². The van der Waals surface area contributed by atoms with Crippen molar-refractivity contribution < 1.29 is 0 Å². The Kier molecular flexibility index (Phi) is 4.94. The molecule has 0 amide bonds. The van der Waals surface area contributed by atoms with Gasteiger partial charge in [0.25, 0.3) is 0 Å². The standard InChI is InChI=1S/C6H5.C3H7.CH2I.Sn/c1-2-4-6-5-3-1;1-3-2;1-2;/h1-5H;3H,1-2H3;1H2;. The summed E-state index contributed by atoms with van der Waals surface area (Å²) in [4.78, 5) is 0. The van der Waals surface area contributed by atoms with Crippen molar-refractivity contribution in [1.29, 1.82) is 0 Å². The number of hydrogen-bond acceptors (Lipinski definition) is 0. The van der Waals surface area contributed by atoms with Gasteiger partial charge in [-0.05, 0) is 0 Å². The number of hydrogen-bond donors (Lipinski definition) is 0. The van der Waals surface area contributed by atoms with Crippen molar-refractivity contribution in [1.82, 2.24) is 0 Å². The summed E-state index contributed by atoms with van der Waals surface area (Å²) < 4.78 is 4.01. The Hall–Kier alpha value is 0.749. The third-order valence-electron chi connectivity index (χ3n) is 1.99. The first-order valence-electron chi connectivity index (χ1n) is 4.22. The summed E-state index contributed by atoms with van der Waals surface area (Å²) in [6.07, 6.45) is 0. The zero-order valence-electron chi connectivity index (χ0n) is 7.55. The molecule has 0 saturated carbocycles. The van der Waals surface area contributed by atoms with E-state index < -0.39 is 19.8 Å². The van der Waals surface area contributed by atoms with E-state index in [0.29, 0.717) is 0 Å². The molecule has 0 N–H and O–H groups in total. The second-order valence-electron chi connectivity index (χ2n) is 3.18. The van der Waals surface area contributed by atoms with Crippen LogP contribution in [-0.2, 0) is 0 Å². The van der Waals surface area contributed by atoms with Crippen LogP contribution in [-0.4, -0.2) is 22.2 Å². The molecule has 0 heterocycles.